The molecule has 0 radical (unpaired) electrons. The van der Waals surface area contributed by atoms with Gasteiger partial charge in [-0.05, 0) is 0 Å². The molecule has 4 heterocycles. The van der Waals surface area contributed by atoms with Crippen LogP contribution in [0.4, 0.5) is 0 Å². The predicted molar refractivity (Wildman–Crippen MR) is 65.5 cm³/mol. The number of hydrogen-bond acceptors (Lipinski definition) is 8. The number of hydrogen-bond donors (Lipinski definition) is 4. The van der Waals surface area contributed by atoms with Crippen molar-refractivity contribution in [3.8, 4) is 0 Å². The molecule has 0 saturated carbocycles. The van der Waals surface area contributed by atoms with Gasteiger partial charge in [-0.3, -0.25) is 10.2 Å². The highest BCUT2D eigenvalue weighted by Gasteiger charge is 1.58. The van der Waals surface area contributed by atoms with E-state index in [0.717, 1.165) is 0 Å². The molecule has 0 spiro atoms. The summed E-state index contributed by atoms with van der Waals surface area (Å²) in [5, 5.41) is 30.6. The lowest BCUT2D eigenvalue weighted by Gasteiger charge is -1.48. The molecule has 0 aliphatic carbocycles. The molecule has 12 heteroatoms. The molecule has 0 bridgehead atoms. The minimum absolute atomic E-state index is 1.44. The van der Waals surface area contributed by atoms with E-state index in [1.54, 1.807) is 24.8 Å². The normalized spacial score (nSPS) is 8.00. The van der Waals surface area contributed by atoms with Crippen LogP contribution >= 0.6 is 0 Å². The molecular weight excluding hydrogens is 264 g/mol. The van der Waals surface area contributed by atoms with Crippen LogP contribution in [-0.4, -0.2) is 61.2 Å². The number of aromatic amines is 4. The van der Waals surface area contributed by atoms with E-state index in [1.165, 1.54) is 25.3 Å². The van der Waals surface area contributed by atoms with Crippen molar-refractivity contribution in [1.82, 2.24) is 61.2 Å². The van der Waals surface area contributed by atoms with Crippen LogP contribution in [0.5, 0.6) is 0 Å². The van der Waals surface area contributed by atoms with Gasteiger partial charge in [0.1, 0.15) is 25.3 Å². The first-order valence-electron chi connectivity index (χ1n) is 5.17. The predicted octanol–water partition coefficient (Wildman–Crippen LogP) is -0.781. The average molecular weight is 276 g/mol. The zero-order chi connectivity index (χ0) is 14.1. The lowest BCUT2D eigenvalue weighted by molar-refractivity contribution is 0.940. The Morgan fingerprint density at radius 3 is 1.00 bits per heavy atom. The summed E-state index contributed by atoms with van der Waals surface area (Å²) in [6.07, 6.45) is 12.2. The van der Waals surface area contributed by atoms with Crippen molar-refractivity contribution in [3.05, 3.63) is 50.1 Å². The van der Waals surface area contributed by atoms with Crippen LogP contribution in [-0.2, 0) is 0 Å². The van der Waals surface area contributed by atoms with E-state index in [0.29, 0.717) is 0 Å². The summed E-state index contributed by atoms with van der Waals surface area (Å²) < 4.78 is 0. The minimum atomic E-state index is 1.44. The molecule has 104 valence electrons. The standard InChI is InChI=1S/4C2H3N3/c2*1-3-2-5-4-1;2*1-2-4-5-3-1/h4*1-2H,(H,3,4,5). The molecule has 0 unspecified atom stereocenters. The maximum absolute atomic E-state index is 3.56. The quantitative estimate of drug-likeness (QED) is 0.324. The van der Waals surface area contributed by atoms with Gasteiger partial charge in [0.05, 0.1) is 24.8 Å². The maximum atomic E-state index is 3.56. The summed E-state index contributed by atoms with van der Waals surface area (Å²) in [5.74, 6) is 0. The van der Waals surface area contributed by atoms with Gasteiger partial charge in [0, 0.05) is 0 Å². The number of aromatic nitrogens is 12. The van der Waals surface area contributed by atoms with E-state index in [2.05, 4.69) is 61.2 Å². The van der Waals surface area contributed by atoms with Crippen molar-refractivity contribution < 1.29 is 0 Å². The van der Waals surface area contributed by atoms with Crippen molar-refractivity contribution in [2.45, 2.75) is 0 Å². The van der Waals surface area contributed by atoms with Gasteiger partial charge in [-0.15, -0.1) is 0 Å². The lowest BCUT2D eigenvalue weighted by Crippen LogP contribution is -1.61. The Balaban J connectivity index is 0.000000133. The van der Waals surface area contributed by atoms with Crippen LogP contribution in [0.15, 0.2) is 50.1 Å². The van der Waals surface area contributed by atoms with Gasteiger partial charge in [0.15, 0.2) is 0 Å². The highest BCUT2D eigenvalue weighted by Crippen LogP contribution is 1.56. The number of H-pyrrole nitrogens is 4. The Kier molecular flexibility index (Phi) is 8.79. The molecule has 4 aromatic heterocycles. The summed E-state index contributed by atoms with van der Waals surface area (Å²) in [4.78, 5) is 7.11. The molecule has 4 rings (SSSR count). The van der Waals surface area contributed by atoms with Crippen LogP contribution in [0, 0.1) is 0 Å². The Labute approximate surface area is 112 Å². The van der Waals surface area contributed by atoms with Gasteiger partial charge in [-0.2, -0.15) is 41.0 Å². The second-order valence-corrected chi connectivity index (χ2v) is 2.62. The van der Waals surface area contributed by atoms with E-state index in [1.807, 2.05) is 0 Å². The number of rotatable bonds is 0. The fraction of sp³-hybridized carbons (Fsp3) is 0. The van der Waals surface area contributed by atoms with E-state index in [-0.39, 0.29) is 0 Å². The monoisotopic (exact) mass is 276 g/mol. The van der Waals surface area contributed by atoms with E-state index < -0.39 is 0 Å². The van der Waals surface area contributed by atoms with Crippen LogP contribution in [0.25, 0.3) is 0 Å². The molecule has 0 amide bonds. The third-order valence-electron chi connectivity index (χ3n) is 1.32. The fourth-order valence-electron chi connectivity index (χ4n) is 0.667. The third-order valence-corrected chi connectivity index (χ3v) is 1.32. The Morgan fingerprint density at radius 2 is 0.900 bits per heavy atom. The van der Waals surface area contributed by atoms with Gasteiger partial charge in [0.2, 0.25) is 0 Å². The molecular formula is C8H12N12. The van der Waals surface area contributed by atoms with E-state index in [4.69, 9.17) is 0 Å². The zero-order valence-corrected chi connectivity index (χ0v) is 10.2. The van der Waals surface area contributed by atoms with Crippen molar-refractivity contribution in [1.29, 1.82) is 0 Å². The number of nitrogens with one attached hydrogen (secondary N) is 4. The van der Waals surface area contributed by atoms with Gasteiger partial charge >= 0.3 is 0 Å². The Bertz CT molecular complexity index is 350. The van der Waals surface area contributed by atoms with Crippen LogP contribution in [0.3, 0.4) is 0 Å². The van der Waals surface area contributed by atoms with E-state index >= 15 is 0 Å². The highest BCUT2D eigenvalue weighted by molar-refractivity contribution is 4.55. The average Bonchev–Trinajstić information content (AvgIpc) is 3.40. The van der Waals surface area contributed by atoms with Gasteiger partial charge < -0.3 is 0 Å². The Hall–Kier alpha value is -3.44. The first kappa shape index (κ1) is 14.6. The first-order chi connectivity index (χ1) is 10.0. The van der Waals surface area contributed by atoms with Crippen LogP contribution < -0.4 is 0 Å². The minimum Gasteiger partial charge on any atom is -0.266 e. The topological polar surface area (TPSA) is 166 Å². The summed E-state index contributed by atoms with van der Waals surface area (Å²) >= 11 is 0. The zero-order valence-electron chi connectivity index (χ0n) is 10.2. The molecule has 0 aliphatic rings. The van der Waals surface area contributed by atoms with Crippen molar-refractivity contribution in [3.63, 3.8) is 0 Å². The summed E-state index contributed by atoms with van der Waals surface area (Å²) in [5.41, 5.74) is 0. The molecule has 0 fully saturated rings. The molecule has 4 N–H and O–H groups in total. The Morgan fingerprint density at radius 1 is 0.500 bits per heavy atom. The second kappa shape index (κ2) is 12.0. The summed E-state index contributed by atoms with van der Waals surface area (Å²) in [6, 6.07) is 0. The third kappa shape index (κ3) is 9.76. The first-order valence-corrected chi connectivity index (χ1v) is 5.17. The van der Waals surface area contributed by atoms with Crippen molar-refractivity contribution in [2.24, 2.45) is 0 Å². The molecule has 20 heavy (non-hydrogen) atoms. The summed E-state index contributed by atoms with van der Waals surface area (Å²) in [6.45, 7) is 0. The molecule has 0 aliphatic heterocycles. The van der Waals surface area contributed by atoms with Gasteiger partial charge in [-0.1, -0.05) is 0 Å². The van der Waals surface area contributed by atoms with Crippen LogP contribution in [0.1, 0.15) is 0 Å². The van der Waals surface area contributed by atoms with Crippen molar-refractivity contribution >= 4 is 0 Å². The van der Waals surface area contributed by atoms with Gasteiger partial charge in [0.25, 0.3) is 0 Å². The second-order valence-electron chi connectivity index (χ2n) is 2.62. The highest BCUT2D eigenvalue weighted by atomic mass is 15.3. The fourth-order valence-corrected chi connectivity index (χ4v) is 0.667. The van der Waals surface area contributed by atoms with Crippen LogP contribution in [0.2, 0.25) is 0 Å². The largest absolute Gasteiger partial charge is 0.266 e. The molecule has 4 aromatic rings. The number of nitrogens with zero attached hydrogens (tertiary/aromatic N) is 8. The smallest absolute Gasteiger partial charge is 0.137 e. The molecule has 0 aromatic carbocycles. The SMILES string of the molecule is c1cn[nH]n1.c1cn[nH]n1.c1nc[nH]n1.c1nc[nH]n1. The lowest BCUT2D eigenvalue weighted by atomic mass is 11.0. The van der Waals surface area contributed by atoms with Gasteiger partial charge in [-0.25, -0.2) is 9.97 Å². The van der Waals surface area contributed by atoms with E-state index in [9.17, 15) is 0 Å². The van der Waals surface area contributed by atoms with Crippen molar-refractivity contribution in [2.75, 3.05) is 0 Å². The summed E-state index contributed by atoms with van der Waals surface area (Å²) in [7, 11) is 0. The maximum Gasteiger partial charge on any atom is 0.137 e. The molecule has 0 saturated heterocycles. The molecule has 0 atom stereocenters. The molecule has 12 nitrogen and oxygen atoms in total.